The van der Waals surface area contributed by atoms with Crippen LogP contribution in [0.4, 0.5) is 0 Å². The summed E-state index contributed by atoms with van der Waals surface area (Å²) in [5.41, 5.74) is 17.0. The molecule has 9 amide bonds. The molecule has 8 aliphatic rings. The van der Waals surface area contributed by atoms with Crippen molar-refractivity contribution in [1.82, 2.24) is 63.2 Å². The number of hydrogen-bond acceptors (Lipinski definition) is 21. The van der Waals surface area contributed by atoms with E-state index >= 15 is 0 Å². The van der Waals surface area contributed by atoms with Crippen LogP contribution in [0, 0.1) is 47.3 Å². The smallest absolute Gasteiger partial charge is 0.325 e. The number of hydrazine groups is 3. The molecule has 0 aliphatic carbocycles. The molecule has 0 radical (unpaired) electrons. The number of fused-ring (bicyclic) bond motifs is 33. The van der Waals surface area contributed by atoms with Gasteiger partial charge in [0.25, 0.3) is 17.7 Å². The SMILES string of the molecule is CC(C)[C@@H]1NC(=O)[C@H](C)[C@H](C)[C@@H](C)C/C=C/c2cccc(c2)COC(=O)[C@@H]2CCCN(N2)C(=O)[C@H](Cc2cccc(O)c2)NC1=O.CC(C)[C@@H]1NC(=O)[C@H](C)[C@H](C)c2ccc(cc2)/C=C/CCOC(=O)[C@@H]2CCCN(N2)C(=O)[C@H](Cc2cccc(O)c2)NC1=O.CC(C)[C@@H]1NC(=O)[C@H](C)[C@H](C)c2ccc(cc2)CCCCOC(=O)[C@@H]2CCCN(N2)C(=O)[C@H](Cc2cccc(O)c2)NC1=O. The van der Waals surface area contributed by atoms with Gasteiger partial charge in [-0.2, -0.15) is 0 Å². The lowest BCUT2D eigenvalue weighted by molar-refractivity contribution is -0.155. The van der Waals surface area contributed by atoms with Crippen LogP contribution in [0.3, 0.4) is 0 Å². The average molecular weight is 1840 g/mol. The first-order valence-electron chi connectivity index (χ1n) is 47.5. The Balaban J connectivity index is 0.000000208. The number of rotatable bonds is 9. The van der Waals surface area contributed by atoms with Crippen molar-refractivity contribution in [2.75, 3.05) is 32.8 Å². The number of hydrogen-bond donors (Lipinski definition) is 12. The maximum Gasteiger partial charge on any atom is 0.325 e. The van der Waals surface area contributed by atoms with Crippen molar-refractivity contribution in [2.45, 2.75) is 253 Å². The van der Waals surface area contributed by atoms with Crippen molar-refractivity contribution in [2.24, 2.45) is 47.3 Å². The van der Waals surface area contributed by atoms with Crippen LogP contribution >= 0.6 is 0 Å². The first-order valence-corrected chi connectivity index (χ1v) is 47.5. The first kappa shape index (κ1) is 104. The number of nitrogens with zero attached hydrogens (tertiary/aromatic N) is 3. The molecule has 8 heterocycles. The van der Waals surface area contributed by atoms with Gasteiger partial charge < -0.3 is 61.4 Å². The second-order valence-electron chi connectivity index (χ2n) is 37.6. The van der Waals surface area contributed by atoms with E-state index in [0.717, 1.165) is 47.1 Å². The van der Waals surface area contributed by atoms with Gasteiger partial charge in [0, 0.05) is 56.7 Å². The molecular weight excluding hydrogens is 1710 g/mol. The van der Waals surface area contributed by atoms with Crippen LogP contribution in [0.5, 0.6) is 17.2 Å². The molecule has 722 valence electrons. The maximum absolute atomic E-state index is 14.0. The summed E-state index contributed by atoms with van der Waals surface area (Å²) in [5, 5.41) is 51.7. The molecule has 0 spiro atoms. The standard InChI is InChI=1S/C36H48N4O6.C34H46N4O6.C34H44N4O6/c1-22(2)32-34(43)37-31(20-27-13-8-15-29(41)19-27)35(44)40-17-9-16-30(39-40)36(45)46-21-28-14-7-12-26(18-28)11-6-10-23(3)24(4)25(5)33(42)38-32;2*1-21(2)30-32(41)35-29(20-25-10-7-11-27(39)19-25)33(42)38-17-8-12-28(37-38)34(43)44-18-6-5-9-24-13-15-26(16-14-24)22(3)23(4)31(40)36-30/h6-8,11-15,18-19,22-25,30-32,39,41H,9-10,16-17,20-21H2,1-5H3,(H,37,43)(H,38,42);7,10-11,13-16,19,21-23,28-30,37,39H,5-6,8-9,12,17-18,20H2,1-4H3,(H,35,41)(H,36,40);5,7,9-11,13-16,19,21-23,28-30,37,39H,6,8,12,17-18,20H2,1-4H3,(H,35,41)(H,36,40)/b11-6+;;9-5+/t23-,24+,25+,30-,31-,32-;2*22-,23+,28-,29-,30-/m000/s1. The van der Waals surface area contributed by atoms with Gasteiger partial charge in [0.05, 0.1) is 13.2 Å². The predicted octanol–water partition coefficient (Wildman–Crippen LogP) is 11.0. The number of benzene rings is 6. The molecule has 30 nitrogen and oxygen atoms in total. The Morgan fingerprint density at radius 2 is 0.746 bits per heavy atom. The minimum Gasteiger partial charge on any atom is -0.508 e. The lowest BCUT2D eigenvalue weighted by Gasteiger charge is -2.35. The van der Waals surface area contributed by atoms with Gasteiger partial charge in [0.2, 0.25) is 35.4 Å². The summed E-state index contributed by atoms with van der Waals surface area (Å²) in [7, 11) is 0. The van der Waals surface area contributed by atoms with Gasteiger partial charge in [0.1, 0.15) is 78.2 Å². The lowest BCUT2D eigenvalue weighted by Crippen LogP contribution is -2.62. The number of cyclic esters (lactones) is 1. The second-order valence-corrected chi connectivity index (χ2v) is 37.6. The quantitative estimate of drug-likeness (QED) is 0.0472. The van der Waals surface area contributed by atoms with Crippen molar-refractivity contribution in [3.8, 4) is 17.2 Å². The highest BCUT2D eigenvalue weighted by Crippen LogP contribution is 2.31. The van der Waals surface area contributed by atoms with Crippen LogP contribution in [0.25, 0.3) is 12.2 Å². The maximum atomic E-state index is 14.0. The molecule has 8 aliphatic heterocycles. The van der Waals surface area contributed by atoms with E-state index in [-0.39, 0.29) is 115 Å². The van der Waals surface area contributed by atoms with Gasteiger partial charge in [0.15, 0.2) is 0 Å². The number of esters is 3. The van der Waals surface area contributed by atoms with E-state index in [0.29, 0.717) is 94.3 Å². The third kappa shape index (κ3) is 30.1. The van der Waals surface area contributed by atoms with Gasteiger partial charge in [-0.25, -0.2) is 16.3 Å². The molecular formula is C104H138N12O18. The summed E-state index contributed by atoms with van der Waals surface area (Å²) in [5.74, 6) is -6.55. The van der Waals surface area contributed by atoms with E-state index in [1.165, 1.54) is 44.9 Å². The normalized spacial score (nSPS) is 27.0. The Labute approximate surface area is 787 Å². The number of aromatic hydroxyl groups is 3. The molecule has 0 saturated carbocycles. The molecule has 3 fully saturated rings. The van der Waals surface area contributed by atoms with Crippen LogP contribution in [-0.2, 0) is 104 Å². The molecule has 6 aromatic rings. The Morgan fingerprint density at radius 1 is 0.366 bits per heavy atom. The molecule has 134 heavy (non-hydrogen) atoms. The van der Waals surface area contributed by atoms with Crippen LogP contribution < -0.4 is 48.2 Å². The number of phenols is 3. The fourth-order valence-electron chi connectivity index (χ4n) is 17.1. The number of aryl methyl sites for hydroxylation is 1. The molecule has 6 aromatic carbocycles. The molecule has 0 aromatic heterocycles. The Bertz CT molecular complexity index is 5080. The first-order chi connectivity index (χ1) is 64.0. The van der Waals surface area contributed by atoms with Crippen molar-refractivity contribution >= 4 is 83.2 Å². The lowest BCUT2D eigenvalue weighted by atomic mass is 9.82. The van der Waals surface area contributed by atoms with Crippen molar-refractivity contribution < 1.29 is 87.1 Å². The van der Waals surface area contributed by atoms with Crippen LogP contribution in [0.1, 0.15) is 216 Å². The third-order valence-corrected chi connectivity index (χ3v) is 26.3. The van der Waals surface area contributed by atoms with Crippen molar-refractivity contribution in [3.05, 3.63) is 208 Å². The monoisotopic (exact) mass is 1840 g/mol. The number of allylic oxidation sites excluding steroid dienone is 1. The van der Waals surface area contributed by atoms with Crippen LogP contribution in [0.15, 0.2) is 158 Å². The summed E-state index contributed by atoms with van der Waals surface area (Å²) in [6.45, 7) is 26.4. The molecule has 12 N–H and O–H groups in total. The number of phenolic OH excluding ortho intramolecular Hbond substituents is 3. The van der Waals surface area contributed by atoms with Crippen molar-refractivity contribution in [3.63, 3.8) is 0 Å². The van der Waals surface area contributed by atoms with Gasteiger partial charge in [-0.1, -0.05) is 217 Å². The largest absolute Gasteiger partial charge is 0.508 e. The molecule has 12 bridgehead atoms. The third-order valence-electron chi connectivity index (χ3n) is 26.3. The number of carbonyl (C=O) groups is 12. The molecule has 3 saturated heterocycles. The highest BCUT2D eigenvalue weighted by molar-refractivity contribution is 5.96. The fourth-order valence-corrected chi connectivity index (χ4v) is 17.1. The number of amides is 9. The zero-order chi connectivity index (χ0) is 97.0. The fraction of sp³-hybridized carbons (Fsp3) is 0.500. The predicted molar refractivity (Wildman–Crippen MR) is 509 cm³/mol. The van der Waals surface area contributed by atoms with E-state index in [9.17, 15) is 72.9 Å². The summed E-state index contributed by atoms with van der Waals surface area (Å²) < 4.78 is 16.7. The van der Waals surface area contributed by atoms with E-state index in [2.05, 4.69) is 73.3 Å². The van der Waals surface area contributed by atoms with Gasteiger partial charge >= 0.3 is 17.9 Å². The van der Waals surface area contributed by atoms with Gasteiger partial charge in [-0.3, -0.25) is 72.6 Å². The van der Waals surface area contributed by atoms with Gasteiger partial charge in [-0.15, -0.1) is 0 Å². The highest BCUT2D eigenvalue weighted by Gasteiger charge is 2.42. The summed E-state index contributed by atoms with van der Waals surface area (Å²) in [6.07, 6.45) is 15.3. The topological polar surface area (TPSA) is 411 Å². The Morgan fingerprint density at radius 3 is 1.16 bits per heavy atom. The van der Waals surface area contributed by atoms with Crippen molar-refractivity contribution in [1.29, 1.82) is 0 Å². The molecule has 16 atom stereocenters. The minimum atomic E-state index is -1.03. The Kier molecular flexibility index (Phi) is 38.9. The molecule has 30 heteroatoms. The van der Waals surface area contributed by atoms with E-state index in [4.69, 9.17) is 14.2 Å². The summed E-state index contributed by atoms with van der Waals surface area (Å²) in [4.78, 5) is 162. The number of ether oxygens (including phenoxy) is 3. The van der Waals surface area contributed by atoms with Crippen LogP contribution in [-0.4, -0.2) is 189 Å². The number of carbonyl (C=O) groups excluding carboxylic acids is 12. The second kappa shape index (κ2) is 50.2. The van der Waals surface area contributed by atoms with E-state index < -0.39 is 120 Å². The van der Waals surface area contributed by atoms with Gasteiger partial charge in [-0.05, 0) is 205 Å². The highest BCUT2D eigenvalue weighted by atomic mass is 16.5. The van der Waals surface area contributed by atoms with E-state index in [1.807, 2.05) is 162 Å². The molecule has 0 unspecified atom stereocenters. The summed E-state index contributed by atoms with van der Waals surface area (Å²) >= 11 is 0. The number of nitrogens with one attached hydrogen (secondary N) is 9. The Hall–Kier alpha value is -12.3. The minimum absolute atomic E-state index is 0.0299. The van der Waals surface area contributed by atoms with E-state index in [1.54, 1.807) is 48.5 Å². The average Bonchev–Trinajstić information content (AvgIpc) is 0.832. The summed E-state index contributed by atoms with van der Waals surface area (Å²) in [6, 6.07) is 35.7. The zero-order valence-corrected chi connectivity index (χ0v) is 79.6. The zero-order valence-electron chi connectivity index (χ0n) is 79.6. The molecule has 14 rings (SSSR count). The van der Waals surface area contributed by atoms with Crippen LogP contribution in [0.2, 0.25) is 0 Å².